The van der Waals surface area contributed by atoms with E-state index in [1.54, 1.807) is 0 Å². The summed E-state index contributed by atoms with van der Waals surface area (Å²) in [6, 6.07) is 87.1. The summed E-state index contributed by atoms with van der Waals surface area (Å²) in [5.74, 6) is 0. The van der Waals surface area contributed by atoms with Crippen LogP contribution in [0.15, 0.2) is 243 Å². The monoisotopic (exact) mass is 740 g/mol. The first-order valence-corrected chi connectivity index (χ1v) is 19.8. The molecule has 2 nitrogen and oxygen atoms in total. The van der Waals surface area contributed by atoms with E-state index in [0.717, 1.165) is 34.1 Å². The third-order valence-electron chi connectivity index (χ3n) is 11.0. The van der Waals surface area contributed by atoms with Crippen LogP contribution in [0, 0.1) is 0 Å². The predicted octanol–water partition coefficient (Wildman–Crippen LogP) is 15.9. The van der Waals surface area contributed by atoms with Gasteiger partial charge in [-0.2, -0.15) is 0 Å². The van der Waals surface area contributed by atoms with Gasteiger partial charge in [-0.1, -0.05) is 158 Å². The predicted molar refractivity (Wildman–Crippen MR) is 247 cm³/mol. The minimum Gasteiger partial charge on any atom is -0.310 e. The van der Waals surface area contributed by atoms with Crippen LogP contribution in [0.2, 0.25) is 0 Å². The van der Waals surface area contributed by atoms with Crippen LogP contribution in [-0.2, 0) is 0 Å². The fourth-order valence-electron chi connectivity index (χ4n) is 8.02. The van der Waals surface area contributed by atoms with Gasteiger partial charge in [0.2, 0.25) is 0 Å². The summed E-state index contributed by atoms with van der Waals surface area (Å²) >= 11 is 0. The molecule has 2 heteroatoms. The molecule has 0 amide bonds. The van der Waals surface area contributed by atoms with Gasteiger partial charge >= 0.3 is 0 Å². The van der Waals surface area contributed by atoms with Crippen molar-refractivity contribution in [3.05, 3.63) is 243 Å². The number of hydrogen-bond donors (Lipinski definition) is 0. The molecular weight excluding hydrogens is 701 g/mol. The highest BCUT2D eigenvalue weighted by Crippen LogP contribution is 2.39. The van der Waals surface area contributed by atoms with Crippen LogP contribution in [-0.4, -0.2) is 0 Å². The first-order valence-electron chi connectivity index (χ1n) is 19.8. The minimum atomic E-state index is 1.14. The Kier molecular flexibility index (Phi) is 9.27. The molecule has 0 aliphatic carbocycles. The molecule has 10 aromatic rings. The first kappa shape index (κ1) is 34.8. The van der Waals surface area contributed by atoms with Crippen LogP contribution in [0.4, 0.5) is 34.1 Å². The van der Waals surface area contributed by atoms with Gasteiger partial charge in [0.05, 0.1) is 0 Å². The van der Waals surface area contributed by atoms with E-state index in [2.05, 4.69) is 252 Å². The molecule has 0 radical (unpaired) electrons. The van der Waals surface area contributed by atoms with Crippen molar-refractivity contribution in [3.63, 3.8) is 0 Å². The third kappa shape index (κ3) is 7.00. The molecule has 274 valence electrons. The Labute approximate surface area is 340 Å². The van der Waals surface area contributed by atoms with Crippen LogP contribution in [0.1, 0.15) is 0 Å². The molecule has 0 saturated carbocycles. The Balaban J connectivity index is 0.867. The lowest BCUT2D eigenvalue weighted by atomic mass is 9.96. The van der Waals surface area contributed by atoms with Gasteiger partial charge < -0.3 is 9.80 Å². The standard InChI is InChI=1S/C56H40N2/c1-5-13-51(14-6-1)57(52-15-7-2-8-16-52)55-35-33-47-37-45(29-31-49(47)39-55)43-25-21-41(22-26-43)42-23-27-44(28-24-42)46-30-32-50-40-56(36-34-48(50)38-46)58(53-17-9-3-10-18-53)54-19-11-4-12-20-54/h1-40H. The molecule has 0 fully saturated rings. The zero-order chi connectivity index (χ0) is 38.7. The second-order valence-corrected chi connectivity index (χ2v) is 14.7. The highest BCUT2D eigenvalue weighted by Gasteiger charge is 2.14. The van der Waals surface area contributed by atoms with Crippen molar-refractivity contribution < 1.29 is 0 Å². The lowest BCUT2D eigenvalue weighted by molar-refractivity contribution is 1.29. The Morgan fingerprint density at radius 2 is 0.414 bits per heavy atom. The van der Waals surface area contributed by atoms with Gasteiger partial charge in [-0.3, -0.25) is 0 Å². The molecular formula is C56H40N2. The summed E-state index contributed by atoms with van der Waals surface area (Å²) in [4.78, 5) is 4.62. The third-order valence-corrected chi connectivity index (χ3v) is 11.0. The van der Waals surface area contributed by atoms with Crippen molar-refractivity contribution in [1.29, 1.82) is 0 Å². The van der Waals surface area contributed by atoms with E-state index in [1.165, 1.54) is 54.9 Å². The fourth-order valence-corrected chi connectivity index (χ4v) is 8.02. The molecule has 10 aromatic carbocycles. The maximum absolute atomic E-state index is 2.31. The summed E-state index contributed by atoms with van der Waals surface area (Å²) in [6.07, 6.45) is 0. The van der Waals surface area contributed by atoms with E-state index in [-0.39, 0.29) is 0 Å². The van der Waals surface area contributed by atoms with Gasteiger partial charge in [-0.05, 0) is 140 Å². The summed E-state index contributed by atoms with van der Waals surface area (Å²) in [7, 11) is 0. The number of hydrogen-bond acceptors (Lipinski definition) is 2. The zero-order valence-electron chi connectivity index (χ0n) is 32.0. The highest BCUT2D eigenvalue weighted by atomic mass is 15.1. The van der Waals surface area contributed by atoms with Gasteiger partial charge in [0.25, 0.3) is 0 Å². The Hall–Kier alpha value is -7.68. The Bertz CT molecular complexity index is 2670. The minimum absolute atomic E-state index is 1.14. The van der Waals surface area contributed by atoms with Gasteiger partial charge in [0.15, 0.2) is 0 Å². The smallest absolute Gasteiger partial charge is 0.0468 e. The van der Waals surface area contributed by atoms with Gasteiger partial charge in [-0.15, -0.1) is 0 Å². The average Bonchev–Trinajstić information content (AvgIpc) is 3.30. The molecule has 0 aromatic heterocycles. The van der Waals surface area contributed by atoms with E-state index in [4.69, 9.17) is 0 Å². The number of rotatable bonds is 9. The van der Waals surface area contributed by atoms with Gasteiger partial charge in [0.1, 0.15) is 0 Å². The lowest BCUT2D eigenvalue weighted by Crippen LogP contribution is -2.09. The van der Waals surface area contributed by atoms with Crippen molar-refractivity contribution in [2.75, 3.05) is 9.80 Å². The maximum Gasteiger partial charge on any atom is 0.0468 e. The summed E-state index contributed by atoms with van der Waals surface area (Å²) in [5.41, 5.74) is 14.1. The number of anilines is 6. The van der Waals surface area contributed by atoms with Crippen LogP contribution >= 0.6 is 0 Å². The first-order chi connectivity index (χ1) is 28.7. The number of para-hydroxylation sites is 4. The van der Waals surface area contributed by atoms with Crippen molar-refractivity contribution in [1.82, 2.24) is 0 Å². The van der Waals surface area contributed by atoms with E-state index >= 15 is 0 Å². The lowest BCUT2D eigenvalue weighted by Gasteiger charge is -2.25. The summed E-state index contributed by atoms with van der Waals surface area (Å²) in [6.45, 7) is 0. The Morgan fingerprint density at radius 1 is 0.172 bits per heavy atom. The molecule has 0 N–H and O–H groups in total. The fraction of sp³-hybridized carbons (Fsp3) is 0. The van der Waals surface area contributed by atoms with Crippen molar-refractivity contribution in [2.45, 2.75) is 0 Å². The molecule has 0 heterocycles. The number of fused-ring (bicyclic) bond motifs is 2. The summed E-state index contributed by atoms with van der Waals surface area (Å²) < 4.78 is 0. The molecule has 0 unspecified atom stereocenters. The topological polar surface area (TPSA) is 6.48 Å². The number of benzene rings is 10. The normalized spacial score (nSPS) is 11.1. The second kappa shape index (κ2) is 15.5. The zero-order valence-corrected chi connectivity index (χ0v) is 32.0. The molecule has 58 heavy (non-hydrogen) atoms. The molecule has 0 saturated heterocycles. The van der Waals surface area contributed by atoms with E-state index < -0.39 is 0 Å². The van der Waals surface area contributed by atoms with Crippen LogP contribution in [0.5, 0.6) is 0 Å². The van der Waals surface area contributed by atoms with E-state index in [0.29, 0.717) is 0 Å². The molecule has 10 rings (SSSR count). The molecule has 0 atom stereocenters. The molecule has 0 bridgehead atoms. The quantitative estimate of drug-likeness (QED) is 0.145. The highest BCUT2D eigenvalue weighted by molar-refractivity contribution is 5.94. The van der Waals surface area contributed by atoms with Crippen molar-refractivity contribution in [3.8, 4) is 33.4 Å². The largest absolute Gasteiger partial charge is 0.310 e. The molecule has 0 spiro atoms. The SMILES string of the molecule is c1ccc(N(c2ccccc2)c2ccc3cc(-c4ccc(-c5ccc(-c6ccc7cc(N(c8ccccc8)c8ccccc8)ccc7c6)cc5)cc4)ccc3c2)cc1. The Morgan fingerprint density at radius 3 is 0.724 bits per heavy atom. The van der Waals surface area contributed by atoms with Crippen LogP contribution < -0.4 is 9.80 Å². The van der Waals surface area contributed by atoms with Crippen LogP contribution in [0.3, 0.4) is 0 Å². The van der Waals surface area contributed by atoms with Gasteiger partial charge in [0, 0.05) is 34.1 Å². The van der Waals surface area contributed by atoms with Crippen molar-refractivity contribution in [2.24, 2.45) is 0 Å². The van der Waals surface area contributed by atoms with E-state index in [9.17, 15) is 0 Å². The summed E-state index contributed by atoms with van der Waals surface area (Å²) in [5, 5.41) is 4.86. The number of nitrogens with zero attached hydrogens (tertiary/aromatic N) is 2. The maximum atomic E-state index is 2.31. The van der Waals surface area contributed by atoms with Crippen molar-refractivity contribution >= 4 is 55.7 Å². The molecule has 0 aliphatic rings. The second-order valence-electron chi connectivity index (χ2n) is 14.7. The molecule has 0 aliphatic heterocycles. The van der Waals surface area contributed by atoms with E-state index in [1.807, 2.05) is 0 Å². The van der Waals surface area contributed by atoms with Gasteiger partial charge in [-0.25, -0.2) is 0 Å². The average molecular weight is 741 g/mol. The van der Waals surface area contributed by atoms with Crippen LogP contribution in [0.25, 0.3) is 54.9 Å².